The molecule has 1 aliphatic heterocycles. The number of aromatic nitrogens is 2. The molecule has 0 radical (unpaired) electrons. The summed E-state index contributed by atoms with van der Waals surface area (Å²) in [5.41, 5.74) is 10.9. The van der Waals surface area contributed by atoms with E-state index in [0.29, 0.717) is 42.0 Å². The van der Waals surface area contributed by atoms with Crippen LogP contribution in [0, 0.1) is 13.8 Å². The zero-order valence-corrected chi connectivity index (χ0v) is 29.2. The number of pyridine rings is 2. The van der Waals surface area contributed by atoms with E-state index in [0.717, 1.165) is 71.5 Å². The smallest absolute Gasteiger partial charge is 0.274 e. The third-order valence-corrected chi connectivity index (χ3v) is 10.4. The zero-order chi connectivity index (χ0) is 34.6. The molecule has 2 saturated carbocycles. The molecular weight excluding hydrogens is 624 g/mol. The van der Waals surface area contributed by atoms with E-state index < -0.39 is 0 Å². The Hall–Kier alpha value is -4.44. The molecule has 4 N–H and O–H groups in total. The lowest BCUT2D eigenvalue weighted by Gasteiger charge is -2.27. The molecule has 3 heterocycles. The maximum Gasteiger partial charge on any atom is 0.274 e. The zero-order valence-electron chi connectivity index (χ0n) is 29.2. The van der Waals surface area contributed by atoms with Crippen LogP contribution in [0.1, 0.15) is 111 Å². The summed E-state index contributed by atoms with van der Waals surface area (Å²) in [4.78, 5) is 38.7. The first-order chi connectivity index (χ1) is 24.4. The van der Waals surface area contributed by atoms with E-state index in [9.17, 15) is 9.59 Å². The Balaban J connectivity index is 1.07. The largest absolute Gasteiger partial charge is 0.395 e. The third kappa shape index (κ3) is 7.80. The lowest BCUT2D eigenvalue weighted by atomic mass is 9.94. The van der Waals surface area contributed by atoms with Gasteiger partial charge in [0.15, 0.2) is 0 Å². The molecule has 50 heavy (non-hydrogen) atoms. The van der Waals surface area contributed by atoms with Crippen LogP contribution < -0.4 is 16.0 Å². The van der Waals surface area contributed by atoms with Gasteiger partial charge >= 0.3 is 0 Å². The van der Waals surface area contributed by atoms with Gasteiger partial charge in [-0.3, -0.25) is 24.5 Å². The molecule has 1 saturated heterocycles. The molecule has 4 aromatic rings. The maximum absolute atomic E-state index is 13.6. The topological polar surface area (TPSA) is 119 Å². The van der Waals surface area contributed by atoms with Gasteiger partial charge < -0.3 is 21.1 Å². The van der Waals surface area contributed by atoms with Crippen LogP contribution in [0.5, 0.6) is 0 Å². The van der Waals surface area contributed by atoms with Gasteiger partial charge in [-0.15, -0.1) is 0 Å². The fourth-order valence-electron chi connectivity index (χ4n) is 7.23. The number of carbonyl (C=O) groups excluding carboxylic acids is 2. The summed E-state index contributed by atoms with van der Waals surface area (Å²) in [5, 5.41) is 18.6. The number of benzene rings is 2. The molecule has 2 amide bonds. The lowest BCUT2D eigenvalue weighted by Crippen LogP contribution is -2.29. The molecule has 0 bridgehead atoms. The number of likely N-dealkylation sites (tertiary alicyclic amines) is 1. The fraction of sp³-hybridized carbons (Fsp3) is 0.415. The molecule has 0 unspecified atom stereocenters. The number of hydrogen-bond acceptors (Lipinski definition) is 7. The molecule has 2 aromatic heterocycles. The van der Waals surface area contributed by atoms with Crippen molar-refractivity contribution in [2.24, 2.45) is 0 Å². The summed E-state index contributed by atoms with van der Waals surface area (Å²) < 4.78 is 0. The van der Waals surface area contributed by atoms with Crippen LogP contribution in [-0.2, 0) is 13.1 Å². The Morgan fingerprint density at radius 2 is 1.28 bits per heavy atom. The number of aliphatic hydroxyl groups is 1. The first-order valence-electron chi connectivity index (χ1n) is 18.2. The number of nitrogens with zero attached hydrogens (tertiary/aromatic N) is 3. The van der Waals surface area contributed by atoms with Crippen molar-refractivity contribution in [1.29, 1.82) is 0 Å². The van der Waals surface area contributed by atoms with Crippen LogP contribution in [0.3, 0.4) is 0 Å². The molecule has 7 rings (SSSR count). The molecular formula is C41H48N6O3. The van der Waals surface area contributed by atoms with E-state index in [2.05, 4.69) is 30.8 Å². The summed E-state index contributed by atoms with van der Waals surface area (Å²) in [7, 11) is 0. The second-order valence-corrected chi connectivity index (χ2v) is 14.2. The molecule has 3 fully saturated rings. The molecule has 2 aromatic carbocycles. The molecule has 9 heteroatoms. The van der Waals surface area contributed by atoms with Crippen molar-refractivity contribution in [3.63, 3.8) is 0 Å². The summed E-state index contributed by atoms with van der Waals surface area (Å²) >= 11 is 0. The Kier molecular flexibility index (Phi) is 10.4. The molecule has 2 aliphatic carbocycles. The minimum Gasteiger partial charge on any atom is -0.395 e. The Morgan fingerprint density at radius 1 is 0.760 bits per heavy atom. The second kappa shape index (κ2) is 15.2. The van der Waals surface area contributed by atoms with Crippen molar-refractivity contribution >= 4 is 23.2 Å². The summed E-state index contributed by atoms with van der Waals surface area (Å²) in [5.74, 6) is 0.527. The summed E-state index contributed by atoms with van der Waals surface area (Å²) in [6.45, 7) is 8.41. The van der Waals surface area contributed by atoms with Crippen molar-refractivity contribution < 1.29 is 14.7 Å². The van der Waals surface area contributed by atoms with Gasteiger partial charge in [-0.05, 0) is 146 Å². The minimum atomic E-state index is -0.250. The Morgan fingerprint density at radius 3 is 1.80 bits per heavy atom. The average Bonchev–Trinajstić information content (AvgIpc) is 4.06. The summed E-state index contributed by atoms with van der Waals surface area (Å²) in [6, 6.07) is 15.8. The van der Waals surface area contributed by atoms with E-state index in [-0.39, 0.29) is 18.4 Å². The highest BCUT2D eigenvalue weighted by Gasteiger charge is 2.29. The number of piperidine rings is 1. The second-order valence-electron chi connectivity index (χ2n) is 14.2. The van der Waals surface area contributed by atoms with Crippen molar-refractivity contribution in [3.8, 4) is 11.1 Å². The fourth-order valence-corrected chi connectivity index (χ4v) is 7.23. The maximum atomic E-state index is 13.6. The van der Waals surface area contributed by atoms with E-state index in [4.69, 9.17) is 5.11 Å². The highest BCUT2D eigenvalue weighted by atomic mass is 16.3. The first kappa shape index (κ1) is 34.0. The first-order valence-corrected chi connectivity index (χ1v) is 18.2. The highest BCUT2D eigenvalue weighted by molar-refractivity contribution is 6.05. The normalized spacial score (nSPS) is 16.3. The van der Waals surface area contributed by atoms with Gasteiger partial charge in [0.05, 0.1) is 6.61 Å². The number of nitrogens with one attached hydrogen (secondary N) is 3. The number of aliphatic hydroxyl groups excluding tert-OH is 1. The number of anilines is 2. The van der Waals surface area contributed by atoms with Crippen LogP contribution in [0.15, 0.2) is 60.9 Å². The molecule has 9 nitrogen and oxygen atoms in total. The van der Waals surface area contributed by atoms with Gasteiger partial charge in [0.25, 0.3) is 11.8 Å². The van der Waals surface area contributed by atoms with Gasteiger partial charge in [-0.25, -0.2) is 0 Å². The number of amides is 2. The highest BCUT2D eigenvalue weighted by Crippen LogP contribution is 2.43. The van der Waals surface area contributed by atoms with Crippen LogP contribution in [0.2, 0.25) is 0 Å². The van der Waals surface area contributed by atoms with Crippen molar-refractivity contribution in [2.45, 2.75) is 83.7 Å². The van der Waals surface area contributed by atoms with Crippen LogP contribution in [0.25, 0.3) is 11.1 Å². The predicted molar refractivity (Wildman–Crippen MR) is 198 cm³/mol. The van der Waals surface area contributed by atoms with Gasteiger partial charge in [0.2, 0.25) is 0 Å². The monoisotopic (exact) mass is 672 g/mol. The van der Waals surface area contributed by atoms with Crippen LogP contribution >= 0.6 is 0 Å². The van der Waals surface area contributed by atoms with Gasteiger partial charge in [-0.2, -0.15) is 0 Å². The van der Waals surface area contributed by atoms with E-state index in [1.54, 1.807) is 6.20 Å². The number of carbonyl (C=O) groups is 2. The molecule has 3 aliphatic rings. The predicted octanol–water partition coefficient (Wildman–Crippen LogP) is 7.09. The Bertz CT molecular complexity index is 1880. The van der Waals surface area contributed by atoms with Gasteiger partial charge in [0.1, 0.15) is 11.4 Å². The molecule has 260 valence electrons. The SMILES string of the molecule is Cc1c(NC(=O)c2cc(C3CC3)c(CNCCO)cn2)cccc1-c1cccc(NC(=O)c2cc(C3CC3)c(CN3CCCCC3)cn2)c1C. The molecule has 0 spiro atoms. The number of rotatable bonds is 13. The minimum absolute atomic E-state index is 0.0790. The molecule has 0 atom stereocenters. The van der Waals surface area contributed by atoms with Gasteiger partial charge in [-0.1, -0.05) is 30.7 Å². The standard InChI is InChI=1S/C41H48N6O3/c1-26-32(8-6-10-36(26)45-40(49)38-20-34(28-12-13-28)30(23-43-38)22-42-16-19-48)33-9-7-11-37(27(33)2)46-41(50)39-21-35(29-14-15-29)31(24-44-39)25-47-17-4-3-5-18-47/h6-11,20-21,23-24,28-29,42,48H,3-5,12-19,22,25H2,1-2H3,(H,45,49)(H,46,50). The van der Waals surface area contributed by atoms with Crippen molar-refractivity contribution in [2.75, 3.05) is 36.9 Å². The average molecular weight is 673 g/mol. The van der Waals surface area contributed by atoms with E-state index in [1.165, 1.54) is 43.2 Å². The quantitative estimate of drug-likeness (QED) is 0.112. The Labute approximate surface area is 294 Å². The van der Waals surface area contributed by atoms with Crippen molar-refractivity contribution in [3.05, 3.63) is 106 Å². The van der Waals surface area contributed by atoms with E-state index in [1.807, 2.05) is 68.6 Å². The van der Waals surface area contributed by atoms with Gasteiger partial charge in [0, 0.05) is 43.4 Å². The lowest BCUT2D eigenvalue weighted by molar-refractivity contribution is 0.101. The van der Waals surface area contributed by atoms with Crippen LogP contribution in [-0.4, -0.2) is 58.0 Å². The third-order valence-electron chi connectivity index (χ3n) is 10.4. The van der Waals surface area contributed by atoms with Crippen molar-refractivity contribution in [1.82, 2.24) is 20.2 Å². The van der Waals surface area contributed by atoms with E-state index >= 15 is 0 Å². The number of hydrogen-bond donors (Lipinski definition) is 4. The van der Waals surface area contributed by atoms with Crippen LogP contribution in [0.4, 0.5) is 11.4 Å². The summed E-state index contributed by atoms with van der Waals surface area (Å²) in [6.07, 6.45) is 12.1.